The molecule has 4 aromatic rings. The molecule has 0 N–H and O–H groups in total. The number of rotatable bonds is 3. The monoisotopic (exact) mass is 303 g/mol. The number of hydrogen-bond donors (Lipinski definition) is 0. The maximum absolute atomic E-state index is 4.93. The predicted octanol–water partition coefficient (Wildman–Crippen LogP) is 4.96. The van der Waals surface area contributed by atoms with E-state index in [0.717, 1.165) is 35.2 Å². The molecule has 0 unspecified atom stereocenters. The molecule has 4 rings (SSSR count). The summed E-state index contributed by atoms with van der Waals surface area (Å²) in [5, 5.41) is 1.22. The average molecular weight is 303 g/mol. The second kappa shape index (κ2) is 5.34. The van der Waals surface area contributed by atoms with Crippen molar-refractivity contribution in [3.05, 3.63) is 48.0 Å². The van der Waals surface area contributed by atoms with Crippen LogP contribution in [0, 0.1) is 5.92 Å². The molecule has 0 fully saturated rings. The van der Waals surface area contributed by atoms with Gasteiger partial charge in [0.1, 0.15) is 5.52 Å². The fourth-order valence-electron chi connectivity index (χ4n) is 3.25. The topological polar surface area (TPSA) is 30.7 Å². The maximum Gasteiger partial charge on any atom is 0.160 e. The molecule has 0 aliphatic carbocycles. The first-order chi connectivity index (χ1) is 11.2. The Bertz CT molecular complexity index is 1010. The van der Waals surface area contributed by atoms with Gasteiger partial charge in [0.05, 0.1) is 16.6 Å². The van der Waals surface area contributed by atoms with E-state index in [1.165, 1.54) is 16.5 Å². The number of aromatic nitrogens is 3. The van der Waals surface area contributed by atoms with Crippen LogP contribution in [-0.4, -0.2) is 14.5 Å². The Kier molecular flexibility index (Phi) is 3.29. The molecule has 2 heterocycles. The van der Waals surface area contributed by atoms with Gasteiger partial charge in [-0.1, -0.05) is 39.0 Å². The zero-order chi connectivity index (χ0) is 16.0. The third-order valence-electron chi connectivity index (χ3n) is 4.37. The summed E-state index contributed by atoms with van der Waals surface area (Å²) in [4.78, 5) is 9.85. The zero-order valence-electron chi connectivity index (χ0n) is 13.9. The van der Waals surface area contributed by atoms with Crippen LogP contribution in [0.4, 0.5) is 0 Å². The number of aryl methyl sites for hydroxylation is 1. The van der Waals surface area contributed by atoms with Crippen LogP contribution < -0.4 is 0 Å². The molecule has 2 aromatic heterocycles. The highest BCUT2D eigenvalue weighted by Crippen LogP contribution is 2.30. The molecule has 0 radical (unpaired) electrons. The van der Waals surface area contributed by atoms with Gasteiger partial charge in [0.25, 0.3) is 0 Å². The summed E-state index contributed by atoms with van der Waals surface area (Å²) in [7, 11) is 0. The summed E-state index contributed by atoms with van der Waals surface area (Å²) < 4.78 is 2.33. The minimum absolute atomic E-state index is 0.563. The predicted molar refractivity (Wildman–Crippen MR) is 96.8 cm³/mol. The Labute approximate surface area is 136 Å². The van der Waals surface area contributed by atoms with Gasteiger partial charge in [-0.05, 0) is 42.2 Å². The highest BCUT2D eigenvalue weighted by molar-refractivity contribution is 6.06. The Balaban J connectivity index is 2.15. The molecule has 2 aromatic carbocycles. The van der Waals surface area contributed by atoms with Crippen molar-refractivity contribution in [2.45, 2.75) is 33.7 Å². The van der Waals surface area contributed by atoms with Crippen molar-refractivity contribution in [3.8, 4) is 0 Å². The summed E-state index contributed by atoms with van der Waals surface area (Å²) in [6.07, 6.45) is 1.04. The van der Waals surface area contributed by atoms with Crippen LogP contribution >= 0.6 is 0 Å². The Morgan fingerprint density at radius 1 is 1.00 bits per heavy atom. The summed E-state index contributed by atoms with van der Waals surface area (Å²) in [5.74, 6) is 0.563. The third-order valence-corrected chi connectivity index (χ3v) is 4.37. The van der Waals surface area contributed by atoms with Crippen LogP contribution in [0.15, 0.2) is 42.5 Å². The van der Waals surface area contributed by atoms with Crippen molar-refractivity contribution >= 4 is 33.1 Å². The van der Waals surface area contributed by atoms with Crippen LogP contribution in [-0.2, 0) is 13.0 Å². The molecule has 0 spiro atoms. The first-order valence-electron chi connectivity index (χ1n) is 8.35. The van der Waals surface area contributed by atoms with Gasteiger partial charge in [-0.15, -0.1) is 0 Å². The van der Waals surface area contributed by atoms with Gasteiger partial charge in [-0.2, -0.15) is 0 Å². The van der Waals surface area contributed by atoms with Crippen molar-refractivity contribution in [2.75, 3.05) is 0 Å². The molecule has 0 aliphatic heterocycles. The van der Waals surface area contributed by atoms with Gasteiger partial charge in [0, 0.05) is 11.9 Å². The second-order valence-electron chi connectivity index (χ2n) is 6.59. The van der Waals surface area contributed by atoms with E-state index in [-0.39, 0.29) is 0 Å². The Hall–Kier alpha value is -2.42. The lowest BCUT2D eigenvalue weighted by Crippen LogP contribution is -2.05. The molecule has 116 valence electrons. The van der Waals surface area contributed by atoms with E-state index in [1.807, 2.05) is 24.3 Å². The fourth-order valence-corrected chi connectivity index (χ4v) is 3.25. The van der Waals surface area contributed by atoms with Crippen LogP contribution in [0.2, 0.25) is 0 Å². The number of para-hydroxylation sites is 2. The lowest BCUT2D eigenvalue weighted by Gasteiger charge is -2.09. The molecule has 0 saturated carbocycles. The molecule has 3 heteroatoms. The van der Waals surface area contributed by atoms with Crippen LogP contribution in [0.5, 0.6) is 0 Å². The first-order valence-corrected chi connectivity index (χ1v) is 8.35. The molecule has 3 nitrogen and oxygen atoms in total. The van der Waals surface area contributed by atoms with Crippen molar-refractivity contribution in [2.24, 2.45) is 5.92 Å². The zero-order valence-corrected chi connectivity index (χ0v) is 13.9. The number of hydrogen-bond acceptors (Lipinski definition) is 2. The van der Waals surface area contributed by atoms with Crippen molar-refractivity contribution in [3.63, 3.8) is 0 Å². The molecule has 23 heavy (non-hydrogen) atoms. The Morgan fingerprint density at radius 3 is 2.43 bits per heavy atom. The quantitative estimate of drug-likeness (QED) is 0.536. The van der Waals surface area contributed by atoms with E-state index < -0.39 is 0 Å². The van der Waals surface area contributed by atoms with Crippen LogP contribution in [0.25, 0.3) is 33.1 Å². The normalized spacial score (nSPS) is 12.0. The van der Waals surface area contributed by atoms with Gasteiger partial charge in [0.15, 0.2) is 5.65 Å². The standard InChI is InChI=1S/C20H21N3/c1-4-14-9-10-18-15(11-14)19-20(23(18)12-13(2)3)22-17-8-6-5-7-16(17)21-19/h5-11,13H,4,12H2,1-3H3. The van der Waals surface area contributed by atoms with E-state index in [4.69, 9.17) is 9.97 Å². The van der Waals surface area contributed by atoms with Crippen molar-refractivity contribution in [1.82, 2.24) is 14.5 Å². The number of fused-ring (bicyclic) bond motifs is 4. The fraction of sp³-hybridized carbons (Fsp3) is 0.300. The van der Waals surface area contributed by atoms with Gasteiger partial charge >= 0.3 is 0 Å². The maximum atomic E-state index is 4.93. The number of benzene rings is 2. The molecular weight excluding hydrogens is 282 g/mol. The number of nitrogens with zero attached hydrogens (tertiary/aromatic N) is 3. The minimum atomic E-state index is 0.563. The van der Waals surface area contributed by atoms with E-state index in [2.05, 4.69) is 43.5 Å². The molecule has 0 saturated heterocycles. The van der Waals surface area contributed by atoms with Crippen LogP contribution in [0.1, 0.15) is 26.3 Å². The highest BCUT2D eigenvalue weighted by atomic mass is 15.1. The minimum Gasteiger partial charge on any atom is -0.324 e. The highest BCUT2D eigenvalue weighted by Gasteiger charge is 2.15. The van der Waals surface area contributed by atoms with Gasteiger partial charge < -0.3 is 4.57 Å². The lowest BCUT2D eigenvalue weighted by atomic mass is 10.1. The summed E-state index contributed by atoms with van der Waals surface area (Å²) in [5.41, 5.74) is 6.53. The van der Waals surface area contributed by atoms with Gasteiger partial charge in [-0.3, -0.25) is 0 Å². The van der Waals surface area contributed by atoms with E-state index in [1.54, 1.807) is 0 Å². The molecule has 0 atom stereocenters. The summed E-state index contributed by atoms with van der Waals surface area (Å²) in [6.45, 7) is 7.63. The largest absolute Gasteiger partial charge is 0.324 e. The van der Waals surface area contributed by atoms with Gasteiger partial charge in [0.2, 0.25) is 0 Å². The van der Waals surface area contributed by atoms with Gasteiger partial charge in [-0.25, -0.2) is 9.97 Å². The Morgan fingerprint density at radius 2 is 1.74 bits per heavy atom. The van der Waals surface area contributed by atoms with Crippen LogP contribution in [0.3, 0.4) is 0 Å². The smallest absolute Gasteiger partial charge is 0.160 e. The average Bonchev–Trinajstić information content (AvgIpc) is 2.85. The van der Waals surface area contributed by atoms with E-state index in [9.17, 15) is 0 Å². The third kappa shape index (κ3) is 2.27. The van der Waals surface area contributed by atoms with Crippen molar-refractivity contribution in [1.29, 1.82) is 0 Å². The second-order valence-corrected chi connectivity index (χ2v) is 6.59. The lowest BCUT2D eigenvalue weighted by molar-refractivity contribution is 0.543. The molecule has 0 amide bonds. The summed E-state index contributed by atoms with van der Waals surface area (Å²) in [6, 6.07) is 14.8. The molecule has 0 bridgehead atoms. The van der Waals surface area contributed by atoms with E-state index >= 15 is 0 Å². The van der Waals surface area contributed by atoms with E-state index in [0.29, 0.717) is 5.92 Å². The molecular formula is C20H21N3. The first kappa shape index (κ1) is 14.2. The molecule has 0 aliphatic rings. The summed E-state index contributed by atoms with van der Waals surface area (Å²) >= 11 is 0. The van der Waals surface area contributed by atoms with Crippen molar-refractivity contribution < 1.29 is 0 Å². The SMILES string of the molecule is CCc1ccc2c(c1)c1nc3ccccc3nc1n2CC(C)C.